The summed E-state index contributed by atoms with van der Waals surface area (Å²) in [5.41, 5.74) is 3.60. The zero-order valence-electron chi connectivity index (χ0n) is 8.78. The number of aryl methyl sites for hydroxylation is 1. The van der Waals surface area contributed by atoms with Crippen LogP contribution >= 0.6 is 0 Å². The van der Waals surface area contributed by atoms with Crippen LogP contribution in [0.3, 0.4) is 0 Å². The SMILES string of the molecule is CNCc1cc(-c2nccnc2C)n[nH]1. The van der Waals surface area contributed by atoms with Crippen molar-refractivity contribution in [1.82, 2.24) is 25.5 Å². The first kappa shape index (κ1) is 9.79. The maximum absolute atomic E-state index is 4.26. The molecule has 0 aliphatic carbocycles. The van der Waals surface area contributed by atoms with Gasteiger partial charge in [-0.05, 0) is 20.0 Å². The Morgan fingerprint density at radius 1 is 1.33 bits per heavy atom. The lowest BCUT2D eigenvalue weighted by molar-refractivity contribution is 0.784. The quantitative estimate of drug-likeness (QED) is 0.777. The van der Waals surface area contributed by atoms with E-state index in [1.165, 1.54) is 0 Å². The third-order valence-electron chi connectivity index (χ3n) is 2.12. The highest BCUT2D eigenvalue weighted by Gasteiger charge is 2.07. The number of aromatic amines is 1. The molecule has 2 rings (SSSR count). The fraction of sp³-hybridized carbons (Fsp3) is 0.300. The van der Waals surface area contributed by atoms with Gasteiger partial charge in [-0.2, -0.15) is 5.10 Å². The first-order valence-corrected chi connectivity index (χ1v) is 4.78. The van der Waals surface area contributed by atoms with Crippen molar-refractivity contribution in [2.24, 2.45) is 0 Å². The summed E-state index contributed by atoms with van der Waals surface area (Å²) in [7, 11) is 1.90. The van der Waals surface area contributed by atoms with Crippen molar-refractivity contribution < 1.29 is 0 Å². The van der Waals surface area contributed by atoms with Crippen LogP contribution in [0.4, 0.5) is 0 Å². The normalized spacial score (nSPS) is 10.5. The van der Waals surface area contributed by atoms with Crippen molar-refractivity contribution in [2.45, 2.75) is 13.5 Å². The smallest absolute Gasteiger partial charge is 0.113 e. The Balaban J connectivity index is 2.33. The van der Waals surface area contributed by atoms with E-state index in [0.717, 1.165) is 29.3 Å². The minimum Gasteiger partial charge on any atom is -0.314 e. The lowest BCUT2D eigenvalue weighted by Gasteiger charge is -1.97. The number of hydrogen-bond acceptors (Lipinski definition) is 4. The summed E-state index contributed by atoms with van der Waals surface area (Å²) in [5.74, 6) is 0. The number of nitrogens with one attached hydrogen (secondary N) is 2. The van der Waals surface area contributed by atoms with Crippen LogP contribution in [0.1, 0.15) is 11.4 Å². The van der Waals surface area contributed by atoms with Crippen molar-refractivity contribution >= 4 is 0 Å². The average molecular weight is 203 g/mol. The van der Waals surface area contributed by atoms with Crippen LogP contribution in [0.2, 0.25) is 0 Å². The molecule has 5 heteroatoms. The third-order valence-corrected chi connectivity index (χ3v) is 2.12. The Bertz CT molecular complexity index is 449. The van der Waals surface area contributed by atoms with Gasteiger partial charge in [-0.3, -0.25) is 15.1 Å². The van der Waals surface area contributed by atoms with Gasteiger partial charge in [0.05, 0.1) is 5.69 Å². The molecule has 0 atom stereocenters. The third kappa shape index (κ3) is 2.02. The summed E-state index contributed by atoms with van der Waals surface area (Å²) >= 11 is 0. The fourth-order valence-corrected chi connectivity index (χ4v) is 1.42. The Kier molecular flexibility index (Phi) is 2.73. The van der Waals surface area contributed by atoms with E-state index >= 15 is 0 Å². The fourth-order valence-electron chi connectivity index (χ4n) is 1.42. The van der Waals surface area contributed by atoms with Gasteiger partial charge >= 0.3 is 0 Å². The molecule has 0 spiro atoms. The van der Waals surface area contributed by atoms with E-state index in [1.807, 2.05) is 20.0 Å². The van der Waals surface area contributed by atoms with Crippen molar-refractivity contribution in [3.63, 3.8) is 0 Å². The highest BCUT2D eigenvalue weighted by atomic mass is 15.1. The van der Waals surface area contributed by atoms with Crippen LogP contribution in [-0.4, -0.2) is 27.2 Å². The van der Waals surface area contributed by atoms with E-state index in [-0.39, 0.29) is 0 Å². The minimum atomic E-state index is 0.770. The predicted octanol–water partition coefficient (Wildman–Crippen LogP) is 0.895. The molecular weight excluding hydrogens is 190 g/mol. The number of aromatic nitrogens is 4. The van der Waals surface area contributed by atoms with Crippen molar-refractivity contribution in [3.8, 4) is 11.4 Å². The molecule has 0 radical (unpaired) electrons. The summed E-state index contributed by atoms with van der Waals surface area (Å²) < 4.78 is 0. The topological polar surface area (TPSA) is 66.5 Å². The molecule has 0 bridgehead atoms. The first-order chi connectivity index (χ1) is 7.31. The molecule has 5 nitrogen and oxygen atoms in total. The van der Waals surface area contributed by atoms with Crippen LogP contribution < -0.4 is 5.32 Å². The van der Waals surface area contributed by atoms with Crippen molar-refractivity contribution in [1.29, 1.82) is 0 Å². The van der Waals surface area contributed by atoms with Crippen molar-refractivity contribution in [3.05, 3.63) is 29.8 Å². The lowest BCUT2D eigenvalue weighted by atomic mass is 10.2. The second kappa shape index (κ2) is 4.18. The summed E-state index contributed by atoms with van der Waals surface area (Å²) in [4.78, 5) is 8.44. The van der Waals surface area contributed by atoms with Gasteiger partial charge in [0.15, 0.2) is 0 Å². The van der Waals surface area contributed by atoms with Gasteiger partial charge in [0.1, 0.15) is 11.4 Å². The predicted molar refractivity (Wildman–Crippen MR) is 57.1 cm³/mol. The molecule has 2 aromatic heterocycles. The summed E-state index contributed by atoms with van der Waals surface area (Å²) in [5, 5.41) is 10.2. The molecule has 0 saturated heterocycles. The van der Waals surface area contributed by atoms with Crippen LogP contribution in [0.5, 0.6) is 0 Å². The molecule has 2 N–H and O–H groups in total. The number of hydrogen-bond donors (Lipinski definition) is 2. The van der Waals surface area contributed by atoms with Gasteiger partial charge in [0.25, 0.3) is 0 Å². The van der Waals surface area contributed by atoms with E-state index in [2.05, 4.69) is 25.5 Å². The molecule has 0 saturated carbocycles. The maximum atomic E-state index is 4.26. The first-order valence-electron chi connectivity index (χ1n) is 4.78. The maximum Gasteiger partial charge on any atom is 0.113 e. The van der Waals surface area contributed by atoms with Crippen LogP contribution in [0.15, 0.2) is 18.5 Å². The molecule has 0 aliphatic rings. The van der Waals surface area contributed by atoms with E-state index < -0.39 is 0 Å². The van der Waals surface area contributed by atoms with E-state index in [9.17, 15) is 0 Å². The van der Waals surface area contributed by atoms with Gasteiger partial charge in [0, 0.05) is 24.6 Å². The average Bonchev–Trinajstić information content (AvgIpc) is 2.68. The monoisotopic (exact) mass is 203 g/mol. The van der Waals surface area contributed by atoms with Gasteiger partial charge in [-0.25, -0.2) is 0 Å². The molecule has 0 aromatic carbocycles. The second-order valence-electron chi connectivity index (χ2n) is 3.30. The molecule has 0 amide bonds. The highest BCUT2D eigenvalue weighted by molar-refractivity contribution is 5.56. The Labute approximate surface area is 88.0 Å². The molecule has 0 aliphatic heterocycles. The molecule has 15 heavy (non-hydrogen) atoms. The van der Waals surface area contributed by atoms with Crippen molar-refractivity contribution in [2.75, 3.05) is 7.05 Å². The molecule has 0 unspecified atom stereocenters. The Morgan fingerprint density at radius 3 is 2.87 bits per heavy atom. The second-order valence-corrected chi connectivity index (χ2v) is 3.30. The van der Waals surface area contributed by atoms with E-state index in [4.69, 9.17) is 0 Å². The van der Waals surface area contributed by atoms with Crippen LogP contribution in [0, 0.1) is 6.92 Å². The summed E-state index contributed by atoms with van der Waals surface area (Å²) in [6, 6.07) is 1.98. The molecule has 78 valence electrons. The van der Waals surface area contributed by atoms with Gasteiger partial charge in [-0.1, -0.05) is 0 Å². The lowest BCUT2D eigenvalue weighted by Crippen LogP contribution is -2.04. The van der Waals surface area contributed by atoms with Gasteiger partial charge in [-0.15, -0.1) is 0 Å². The zero-order valence-corrected chi connectivity index (χ0v) is 8.78. The molecular formula is C10H13N5. The highest BCUT2D eigenvalue weighted by Crippen LogP contribution is 2.16. The number of rotatable bonds is 3. The van der Waals surface area contributed by atoms with Crippen LogP contribution in [0.25, 0.3) is 11.4 Å². The van der Waals surface area contributed by atoms with E-state index in [0.29, 0.717) is 0 Å². The molecule has 2 heterocycles. The minimum absolute atomic E-state index is 0.770. The zero-order chi connectivity index (χ0) is 10.7. The summed E-state index contributed by atoms with van der Waals surface area (Å²) in [6.07, 6.45) is 3.36. The van der Waals surface area contributed by atoms with Crippen LogP contribution in [-0.2, 0) is 6.54 Å². The Morgan fingerprint density at radius 2 is 2.13 bits per heavy atom. The summed E-state index contributed by atoms with van der Waals surface area (Å²) in [6.45, 7) is 2.70. The van der Waals surface area contributed by atoms with Gasteiger partial charge in [0.2, 0.25) is 0 Å². The molecule has 0 fully saturated rings. The number of H-pyrrole nitrogens is 1. The standard InChI is InChI=1S/C10H13N5/c1-7-10(13-4-3-12-7)9-5-8(6-11-2)14-15-9/h3-5,11H,6H2,1-2H3,(H,14,15). The van der Waals surface area contributed by atoms with E-state index in [1.54, 1.807) is 12.4 Å². The Hall–Kier alpha value is -1.75. The van der Waals surface area contributed by atoms with Gasteiger partial charge < -0.3 is 5.32 Å². The number of nitrogens with zero attached hydrogens (tertiary/aromatic N) is 3. The largest absolute Gasteiger partial charge is 0.314 e. The molecule has 2 aromatic rings.